The zero-order valence-corrected chi connectivity index (χ0v) is 10.1. The first kappa shape index (κ1) is 12.8. The van der Waals surface area contributed by atoms with Crippen molar-refractivity contribution in [1.82, 2.24) is 4.98 Å². The zero-order chi connectivity index (χ0) is 13.3. The average molecular weight is 246 g/mol. The number of hydrogen-bond donors (Lipinski definition) is 4. The van der Waals surface area contributed by atoms with Crippen molar-refractivity contribution >= 4 is 29.3 Å². The number of ketones is 1. The van der Waals surface area contributed by atoms with Crippen LogP contribution in [0.15, 0.2) is 24.4 Å². The van der Waals surface area contributed by atoms with Gasteiger partial charge in [-0.2, -0.15) is 0 Å². The Morgan fingerprint density at radius 2 is 2.22 bits per heavy atom. The molecule has 94 valence electrons. The van der Waals surface area contributed by atoms with Crippen LogP contribution in [0.1, 0.15) is 12.5 Å². The Morgan fingerprint density at radius 1 is 1.50 bits per heavy atom. The van der Waals surface area contributed by atoms with Crippen LogP contribution in [0.3, 0.4) is 0 Å². The van der Waals surface area contributed by atoms with Gasteiger partial charge < -0.3 is 20.8 Å². The molecule has 6 heteroatoms. The van der Waals surface area contributed by atoms with Crippen molar-refractivity contribution in [1.29, 1.82) is 0 Å². The van der Waals surface area contributed by atoms with Gasteiger partial charge in [-0.05, 0) is 30.4 Å². The molecule has 0 unspecified atom stereocenters. The molecule has 1 heterocycles. The number of aromatic amines is 1. The number of hydrogen-bond acceptors (Lipinski definition) is 4. The van der Waals surface area contributed by atoms with Crippen LogP contribution in [0.25, 0.3) is 10.9 Å². The Labute approximate surface area is 105 Å². The lowest BCUT2D eigenvalue weighted by atomic mass is 9.79. The lowest BCUT2D eigenvalue weighted by molar-refractivity contribution is -0.118. The molecule has 0 aliphatic heterocycles. The van der Waals surface area contributed by atoms with E-state index in [0.29, 0.717) is 11.9 Å². The molecule has 1 aromatic carbocycles. The number of carbonyl (C=O) groups excluding carboxylic acids is 1. The molecule has 5 nitrogen and oxygen atoms in total. The number of H-pyrrole nitrogens is 1. The summed E-state index contributed by atoms with van der Waals surface area (Å²) in [5.74, 6) is -0.0669. The zero-order valence-electron chi connectivity index (χ0n) is 10.1. The summed E-state index contributed by atoms with van der Waals surface area (Å²) in [6.45, 7) is 1.46. The predicted molar refractivity (Wildman–Crippen MR) is 70.5 cm³/mol. The molecule has 18 heavy (non-hydrogen) atoms. The first-order valence-corrected chi connectivity index (χ1v) is 5.71. The van der Waals surface area contributed by atoms with Crippen LogP contribution in [0.2, 0.25) is 0 Å². The standard InChI is InChI=1S/C12H15BN2O3/c1-7(16)11(14)4-8-6-15-12-3-2-9(13(17)18)5-10(8)12/h2-3,5-6,11,15,17-18H,4,14H2,1H3/t11-/m0/s1. The minimum Gasteiger partial charge on any atom is -0.423 e. The number of fused-ring (bicyclic) bond motifs is 1. The third-order valence-corrected chi connectivity index (χ3v) is 3.05. The highest BCUT2D eigenvalue weighted by molar-refractivity contribution is 6.58. The van der Waals surface area contributed by atoms with E-state index in [9.17, 15) is 4.79 Å². The summed E-state index contributed by atoms with van der Waals surface area (Å²) in [6, 6.07) is 4.57. The first-order chi connectivity index (χ1) is 8.49. The van der Waals surface area contributed by atoms with Crippen molar-refractivity contribution in [2.75, 3.05) is 0 Å². The van der Waals surface area contributed by atoms with E-state index in [1.54, 1.807) is 24.4 Å². The maximum absolute atomic E-state index is 11.2. The first-order valence-electron chi connectivity index (χ1n) is 5.71. The second kappa shape index (κ2) is 4.93. The number of nitrogens with one attached hydrogen (secondary N) is 1. The molecule has 1 atom stereocenters. The Morgan fingerprint density at radius 3 is 2.83 bits per heavy atom. The molecule has 0 saturated heterocycles. The van der Waals surface area contributed by atoms with Crippen molar-refractivity contribution in [3.63, 3.8) is 0 Å². The average Bonchev–Trinajstić information content (AvgIpc) is 2.71. The SMILES string of the molecule is CC(=O)[C@@H](N)Cc1c[nH]c2ccc(B(O)O)cc12. The van der Waals surface area contributed by atoms with Gasteiger partial charge >= 0.3 is 7.12 Å². The summed E-state index contributed by atoms with van der Waals surface area (Å²) in [5.41, 5.74) is 7.93. The molecule has 0 aliphatic carbocycles. The second-order valence-corrected chi connectivity index (χ2v) is 4.41. The van der Waals surface area contributed by atoms with Crippen LogP contribution in [-0.2, 0) is 11.2 Å². The Kier molecular flexibility index (Phi) is 3.51. The van der Waals surface area contributed by atoms with E-state index in [1.807, 2.05) is 0 Å². The quantitative estimate of drug-likeness (QED) is 0.536. The van der Waals surface area contributed by atoms with Gasteiger partial charge in [0.15, 0.2) is 0 Å². The molecule has 5 N–H and O–H groups in total. The minimum absolute atomic E-state index is 0.0669. The van der Waals surface area contributed by atoms with Crippen LogP contribution in [0.5, 0.6) is 0 Å². The molecule has 0 saturated carbocycles. The molecule has 2 rings (SSSR count). The van der Waals surface area contributed by atoms with Gasteiger partial charge in [0, 0.05) is 17.1 Å². The lowest BCUT2D eigenvalue weighted by Gasteiger charge is -2.07. The predicted octanol–water partition coefficient (Wildman–Crippen LogP) is -0.694. The summed E-state index contributed by atoms with van der Waals surface area (Å²) in [7, 11) is -1.50. The largest absolute Gasteiger partial charge is 0.488 e. The van der Waals surface area contributed by atoms with E-state index in [1.165, 1.54) is 6.92 Å². The van der Waals surface area contributed by atoms with Gasteiger partial charge in [-0.1, -0.05) is 12.1 Å². The summed E-state index contributed by atoms with van der Waals surface area (Å²) in [4.78, 5) is 14.2. The molecule has 0 amide bonds. The van der Waals surface area contributed by atoms with Gasteiger partial charge in [0.1, 0.15) is 5.78 Å². The van der Waals surface area contributed by atoms with E-state index < -0.39 is 13.2 Å². The fraction of sp³-hybridized carbons (Fsp3) is 0.250. The highest BCUT2D eigenvalue weighted by atomic mass is 16.4. The van der Waals surface area contributed by atoms with Gasteiger partial charge in [-0.3, -0.25) is 4.79 Å². The fourth-order valence-electron chi connectivity index (χ4n) is 1.91. The number of Topliss-reactive ketones (excluding diaryl/α,β-unsaturated/α-hetero) is 1. The van der Waals surface area contributed by atoms with Gasteiger partial charge in [-0.25, -0.2) is 0 Å². The number of carbonyl (C=O) groups is 1. The number of rotatable bonds is 4. The van der Waals surface area contributed by atoms with Gasteiger partial charge in [-0.15, -0.1) is 0 Å². The number of benzene rings is 1. The second-order valence-electron chi connectivity index (χ2n) is 4.41. The van der Waals surface area contributed by atoms with Crippen molar-refractivity contribution in [3.8, 4) is 0 Å². The highest BCUT2D eigenvalue weighted by Crippen LogP contribution is 2.18. The third-order valence-electron chi connectivity index (χ3n) is 3.05. The van der Waals surface area contributed by atoms with E-state index in [2.05, 4.69) is 4.98 Å². The summed E-state index contributed by atoms with van der Waals surface area (Å²) in [5, 5.41) is 19.2. The molecule has 0 bridgehead atoms. The Balaban J connectivity index is 2.39. The van der Waals surface area contributed by atoms with E-state index >= 15 is 0 Å². The van der Waals surface area contributed by atoms with Crippen LogP contribution in [0.4, 0.5) is 0 Å². The van der Waals surface area contributed by atoms with Crippen LogP contribution in [0, 0.1) is 0 Å². The normalized spacial score (nSPS) is 12.7. The molecular weight excluding hydrogens is 231 g/mol. The molecule has 2 aromatic rings. The van der Waals surface area contributed by atoms with Crippen molar-refractivity contribution in [2.24, 2.45) is 5.73 Å². The summed E-state index contributed by atoms with van der Waals surface area (Å²) < 4.78 is 0. The van der Waals surface area contributed by atoms with Gasteiger partial charge in [0.2, 0.25) is 0 Å². The van der Waals surface area contributed by atoms with Gasteiger partial charge in [0.05, 0.1) is 6.04 Å². The maximum Gasteiger partial charge on any atom is 0.488 e. The smallest absolute Gasteiger partial charge is 0.423 e. The number of nitrogens with two attached hydrogens (primary N) is 1. The monoisotopic (exact) mass is 246 g/mol. The van der Waals surface area contributed by atoms with Crippen molar-refractivity contribution in [2.45, 2.75) is 19.4 Å². The van der Waals surface area contributed by atoms with Gasteiger partial charge in [0.25, 0.3) is 0 Å². The lowest BCUT2D eigenvalue weighted by Crippen LogP contribution is -2.31. The Hall–Kier alpha value is -1.63. The van der Waals surface area contributed by atoms with Crippen LogP contribution in [-0.4, -0.2) is 34.0 Å². The van der Waals surface area contributed by atoms with E-state index in [-0.39, 0.29) is 5.78 Å². The minimum atomic E-state index is -1.50. The Bertz CT molecular complexity index is 580. The molecule has 0 spiro atoms. The molecule has 1 aromatic heterocycles. The molecule has 0 radical (unpaired) electrons. The van der Waals surface area contributed by atoms with Crippen molar-refractivity contribution in [3.05, 3.63) is 30.0 Å². The molecule has 0 aliphatic rings. The summed E-state index contributed by atoms with van der Waals surface area (Å²) in [6.07, 6.45) is 2.22. The third kappa shape index (κ3) is 2.45. The summed E-state index contributed by atoms with van der Waals surface area (Å²) >= 11 is 0. The highest BCUT2D eigenvalue weighted by Gasteiger charge is 2.15. The molecular formula is C12H15BN2O3. The van der Waals surface area contributed by atoms with E-state index in [4.69, 9.17) is 15.8 Å². The number of aromatic nitrogens is 1. The maximum atomic E-state index is 11.2. The fourth-order valence-corrected chi connectivity index (χ4v) is 1.91. The van der Waals surface area contributed by atoms with Crippen LogP contribution >= 0.6 is 0 Å². The van der Waals surface area contributed by atoms with Crippen molar-refractivity contribution < 1.29 is 14.8 Å². The molecule has 0 fully saturated rings. The van der Waals surface area contributed by atoms with Crippen LogP contribution < -0.4 is 11.2 Å². The topological polar surface area (TPSA) is 99.3 Å². The van der Waals surface area contributed by atoms with E-state index in [0.717, 1.165) is 16.5 Å².